The molecule has 0 saturated heterocycles. The van der Waals surface area contributed by atoms with Crippen LogP contribution in [0.5, 0.6) is 0 Å². The van der Waals surface area contributed by atoms with E-state index in [2.05, 4.69) is 10.3 Å². The van der Waals surface area contributed by atoms with Crippen molar-refractivity contribution in [1.29, 1.82) is 0 Å². The fourth-order valence-corrected chi connectivity index (χ4v) is 2.58. The molecule has 9 heteroatoms. The van der Waals surface area contributed by atoms with E-state index in [4.69, 9.17) is 10.2 Å². The van der Waals surface area contributed by atoms with E-state index in [-0.39, 0.29) is 24.4 Å². The van der Waals surface area contributed by atoms with E-state index < -0.39 is 11.9 Å². The molecule has 3 amide bonds. The lowest BCUT2D eigenvalue weighted by atomic mass is 10.3. The second-order valence-corrected chi connectivity index (χ2v) is 5.43. The summed E-state index contributed by atoms with van der Waals surface area (Å²) in [6.07, 6.45) is 2.03. The van der Waals surface area contributed by atoms with Crippen molar-refractivity contribution in [2.24, 2.45) is 5.73 Å². The van der Waals surface area contributed by atoms with E-state index in [0.29, 0.717) is 31.0 Å². The van der Waals surface area contributed by atoms with Gasteiger partial charge in [-0.05, 0) is 18.6 Å². The number of urea groups is 1. The maximum absolute atomic E-state index is 12.2. The number of nitrogens with zero attached hydrogens (tertiary/aromatic N) is 3. The molecule has 0 spiro atoms. The maximum Gasteiger partial charge on any atom is 0.315 e. The summed E-state index contributed by atoms with van der Waals surface area (Å²) in [6, 6.07) is 3.99. The van der Waals surface area contributed by atoms with Gasteiger partial charge >= 0.3 is 6.03 Å². The largest absolute Gasteiger partial charge is 0.459 e. The van der Waals surface area contributed by atoms with Gasteiger partial charge in [0.15, 0.2) is 5.76 Å². The van der Waals surface area contributed by atoms with E-state index in [1.54, 1.807) is 12.1 Å². The first kappa shape index (κ1) is 15.8. The van der Waals surface area contributed by atoms with E-state index in [0.717, 1.165) is 0 Å². The highest BCUT2D eigenvalue weighted by Gasteiger charge is 2.19. The highest BCUT2D eigenvalue weighted by Crippen LogP contribution is 2.09. The Labute approximate surface area is 137 Å². The number of carbonyl (C=O) groups excluding carboxylic acids is 2. The average Bonchev–Trinajstić information content (AvgIpc) is 2.99. The van der Waals surface area contributed by atoms with Gasteiger partial charge in [-0.3, -0.25) is 14.2 Å². The first-order valence-electron chi connectivity index (χ1n) is 7.50. The zero-order chi connectivity index (χ0) is 17.1. The Hall–Kier alpha value is -3.10. The molecule has 24 heavy (non-hydrogen) atoms. The monoisotopic (exact) mass is 331 g/mol. The van der Waals surface area contributed by atoms with Gasteiger partial charge in [-0.15, -0.1) is 0 Å². The summed E-state index contributed by atoms with van der Waals surface area (Å²) in [5.41, 5.74) is 5.53. The number of furan rings is 1. The number of carbonyl (C=O) groups is 2. The van der Waals surface area contributed by atoms with Crippen LogP contribution in [0.15, 0.2) is 33.7 Å². The number of hydrogen-bond acceptors (Lipinski definition) is 5. The molecule has 1 aliphatic heterocycles. The van der Waals surface area contributed by atoms with Crippen molar-refractivity contribution in [2.45, 2.75) is 26.1 Å². The SMILES string of the molecule is NC(=O)N1CCCn2c(nc(CNC(=O)c3ccco3)cc2=O)C1. The normalized spacial score (nSPS) is 13.9. The number of aromatic nitrogens is 2. The third kappa shape index (κ3) is 3.29. The Morgan fingerprint density at radius 3 is 2.92 bits per heavy atom. The van der Waals surface area contributed by atoms with Gasteiger partial charge in [0, 0.05) is 19.2 Å². The molecule has 2 aromatic rings. The quantitative estimate of drug-likeness (QED) is 0.822. The zero-order valence-electron chi connectivity index (χ0n) is 12.9. The molecule has 0 atom stereocenters. The molecule has 0 fully saturated rings. The minimum atomic E-state index is -0.547. The minimum absolute atomic E-state index is 0.0825. The number of hydrogen-bond donors (Lipinski definition) is 2. The molecule has 2 aromatic heterocycles. The topological polar surface area (TPSA) is 123 Å². The van der Waals surface area contributed by atoms with Crippen molar-refractivity contribution in [3.63, 3.8) is 0 Å². The average molecular weight is 331 g/mol. The van der Waals surface area contributed by atoms with Gasteiger partial charge in [0.05, 0.1) is 25.0 Å². The van der Waals surface area contributed by atoms with Crippen molar-refractivity contribution >= 4 is 11.9 Å². The van der Waals surface area contributed by atoms with Crippen LogP contribution in [0.2, 0.25) is 0 Å². The van der Waals surface area contributed by atoms with Crippen LogP contribution in [0, 0.1) is 0 Å². The molecule has 126 valence electrons. The molecule has 0 aliphatic carbocycles. The molecule has 0 saturated carbocycles. The molecule has 9 nitrogen and oxygen atoms in total. The Bertz CT molecular complexity index is 812. The van der Waals surface area contributed by atoms with E-state index in [9.17, 15) is 14.4 Å². The molecule has 1 aliphatic rings. The number of nitrogens with one attached hydrogen (secondary N) is 1. The molecule has 3 heterocycles. The highest BCUT2D eigenvalue weighted by molar-refractivity contribution is 5.91. The zero-order valence-corrected chi connectivity index (χ0v) is 12.9. The van der Waals surface area contributed by atoms with Gasteiger partial charge in [-0.1, -0.05) is 0 Å². The van der Waals surface area contributed by atoms with Crippen molar-refractivity contribution < 1.29 is 14.0 Å². The minimum Gasteiger partial charge on any atom is -0.459 e. The van der Waals surface area contributed by atoms with Gasteiger partial charge in [-0.2, -0.15) is 0 Å². The van der Waals surface area contributed by atoms with Crippen LogP contribution in [0.4, 0.5) is 4.79 Å². The summed E-state index contributed by atoms with van der Waals surface area (Å²) in [5, 5.41) is 2.64. The molecular weight excluding hydrogens is 314 g/mol. The van der Waals surface area contributed by atoms with E-state index >= 15 is 0 Å². The Morgan fingerprint density at radius 1 is 1.38 bits per heavy atom. The van der Waals surface area contributed by atoms with Crippen LogP contribution in [0.25, 0.3) is 0 Å². The second-order valence-electron chi connectivity index (χ2n) is 5.43. The number of nitrogens with two attached hydrogens (primary N) is 1. The Kier molecular flexibility index (Phi) is 4.32. The first-order chi connectivity index (χ1) is 11.5. The predicted octanol–water partition coefficient (Wildman–Crippen LogP) is 0.0507. The van der Waals surface area contributed by atoms with Gasteiger partial charge in [-0.25, -0.2) is 9.78 Å². The predicted molar refractivity (Wildman–Crippen MR) is 83.0 cm³/mol. The molecule has 0 radical (unpaired) electrons. The van der Waals surface area contributed by atoms with Crippen LogP contribution >= 0.6 is 0 Å². The fourth-order valence-electron chi connectivity index (χ4n) is 2.58. The highest BCUT2D eigenvalue weighted by atomic mass is 16.3. The van der Waals surface area contributed by atoms with Crippen LogP contribution in [-0.2, 0) is 19.6 Å². The van der Waals surface area contributed by atoms with Crippen LogP contribution < -0.4 is 16.6 Å². The maximum atomic E-state index is 12.2. The lowest BCUT2D eigenvalue weighted by Gasteiger charge is -2.17. The van der Waals surface area contributed by atoms with Gasteiger partial charge in [0.25, 0.3) is 11.5 Å². The summed E-state index contributed by atoms with van der Waals surface area (Å²) < 4.78 is 6.53. The Morgan fingerprint density at radius 2 is 2.21 bits per heavy atom. The van der Waals surface area contributed by atoms with Crippen molar-refractivity contribution in [3.05, 3.63) is 52.1 Å². The molecular formula is C15H17N5O4. The lowest BCUT2D eigenvalue weighted by Crippen LogP contribution is -2.36. The summed E-state index contributed by atoms with van der Waals surface area (Å²) in [6.45, 7) is 1.20. The second kappa shape index (κ2) is 6.57. The third-order valence-electron chi connectivity index (χ3n) is 3.77. The van der Waals surface area contributed by atoms with E-state index in [1.165, 1.54) is 21.8 Å². The van der Waals surface area contributed by atoms with Crippen molar-refractivity contribution in [3.8, 4) is 0 Å². The summed E-state index contributed by atoms with van der Waals surface area (Å²) >= 11 is 0. The Balaban J connectivity index is 1.78. The van der Waals surface area contributed by atoms with Gasteiger partial charge in [0.2, 0.25) is 0 Å². The smallest absolute Gasteiger partial charge is 0.315 e. The van der Waals surface area contributed by atoms with E-state index in [1.807, 2.05) is 0 Å². The standard InChI is InChI=1S/C15H17N5O4/c16-15(23)19-4-2-5-20-12(9-19)18-10(7-13(20)21)8-17-14(22)11-3-1-6-24-11/h1,3,6-7H,2,4-5,8-9H2,(H2,16,23)(H,17,22). The van der Waals surface area contributed by atoms with Crippen LogP contribution in [-0.4, -0.2) is 32.9 Å². The number of amides is 3. The van der Waals surface area contributed by atoms with Crippen LogP contribution in [0.1, 0.15) is 28.5 Å². The molecule has 3 rings (SSSR count). The van der Waals surface area contributed by atoms with Gasteiger partial charge in [0.1, 0.15) is 5.82 Å². The fraction of sp³-hybridized carbons (Fsp3) is 0.333. The van der Waals surface area contributed by atoms with Crippen molar-refractivity contribution in [1.82, 2.24) is 19.8 Å². The van der Waals surface area contributed by atoms with Crippen LogP contribution in [0.3, 0.4) is 0 Å². The third-order valence-corrected chi connectivity index (χ3v) is 3.77. The summed E-state index contributed by atoms with van der Waals surface area (Å²) in [7, 11) is 0. The number of rotatable bonds is 3. The number of primary amides is 1. The molecule has 3 N–H and O–H groups in total. The lowest BCUT2D eigenvalue weighted by molar-refractivity contribution is 0.0922. The number of fused-ring (bicyclic) bond motifs is 1. The molecule has 0 bridgehead atoms. The molecule has 0 unspecified atom stereocenters. The van der Waals surface area contributed by atoms with Gasteiger partial charge < -0.3 is 20.4 Å². The summed E-state index contributed by atoms with van der Waals surface area (Å²) in [4.78, 5) is 41.3. The first-order valence-corrected chi connectivity index (χ1v) is 7.50. The van der Waals surface area contributed by atoms with Crippen molar-refractivity contribution in [2.75, 3.05) is 6.54 Å². The summed E-state index contributed by atoms with van der Waals surface area (Å²) in [5.74, 6) is 0.248. The molecule has 0 aromatic carbocycles.